The van der Waals surface area contributed by atoms with E-state index in [1.807, 2.05) is 6.92 Å². The van der Waals surface area contributed by atoms with Crippen LogP contribution in [0.2, 0.25) is 0 Å². The minimum Gasteiger partial charge on any atom is -0.370 e. The second kappa shape index (κ2) is 7.47. The summed E-state index contributed by atoms with van der Waals surface area (Å²) in [5.41, 5.74) is 0. The fraction of sp³-hybridized carbons (Fsp3) is 0.714. The fourth-order valence-corrected chi connectivity index (χ4v) is 2.27. The van der Waals surface area contributed by atoms with Gasteiger partial charge in [-0.15, -0.1) is 0 Å². The average Bonchev–Trinajstić information content (AvgIpc) is 2.39. The van der Waals surface area contributed by atoms with Gasteiger partial charge in [0.2, 0.25) is 5.82 Å². The molecule has 0 amide bonds. The maximum Gasteiger partial charge on any atom is 0.451 e. The molecule has 1 aromatic rings. The Labute approximate surface area is 123 Å². The molecule has 1 heterocycles. The van der Waals surface area contributed by atoms with Crippen LogP contribution >= 0.6 is 0 Å². The summed E-state index contributed by atoms with van der Waals surface area (Å²) >= 11 is 0. The molecule has 4 nitrogen and oxygen atoms in total. The van der Waals surface area contributed by atoms with Crippen molar-refractivity contribution in [3.8, 4) is 0 Å². The molecule has 0 fully saturated rings. The summed E-state index contributed by atoms with van der Waals surface area (Å²) in [5.74, 6) is -0.358. The second-order valence-corrected chi connectivity index (χ2v) is 5.00. The molecule has 1 unspecified atom stereocenters. The molecule has 0 saturated carbocycles. The summed E-state index contributed by atoms with van der Waals surface area (Å²) in [6, 6.07) is 1.56. The highest BCUT2D eigenvalue weighted by Gasteiger charge is 2.35. The van der Waals surface area contributed by atoms with Crippen molar-refractivity contribution >= 4 is 11.6 Å². The van der Waals surface area contributed by atoms with Crippen LogP contribution in [0.25, 0.3) is 0 Å². The Bertz CT molecular complexity index is 444. The quantitative estimate of drug-likeness (QED) is 0.794. The van der Waals surface area contributed by atoms with E-state index in [1.165, 1.54) is 6.07 Å². The minimum atomic E-state index is -4.56. The Morgan fingerprint density at radius 1 is 1.10 bits per heavy atom. The molecular formula is C14H23F3N4. The van der Waals surface area contributed by atoms with Gasteiger partial charge in [-0.25, -0.2) is 9.97 Å². The fourth-order valence-electron chi connectivity index (χ4n) is 2.27. The number of halogens is 3. The molecule has 0 bridgehead atoms. The molecule has 1 rings (SSSR count). The van der Waals surface area contributed by atoms with Crippen molar-refractivity contribution in [3.63, 3.8) is 0 Å². The van der Waals surface area contributed by atoms with Crippen LogP contribution in [0.1, 0.15) is 46.4 Å². The molecule has 120 valence electrons. The maximum atomic E-state index is 12.8. The summed E-state index contributed by atoms with van der Waals surface area (Å²) in [6.07, 6.45) is -2.64. The minimum absolute atomic E-state index is 0.0467. The summed E-state index contributed by atoms with van der Waals surface area (Å²) in [7, 11) is 0. The van der Waals surface area contributed by atoms with E-state index in [9.17, 15) is 13.2 Å². The molecule has 21 heavy (non-hydrogen) atoms. The Morgan fingerprint density at radius 2 is 1.67 bits per heavy atom. The van der Waals surface area contributed by atoms with Crippen LogP contribution in [-0.2, 0) is 6.18 Å². The topological polar surface area (TPSA) is 49.8 Å². The van der Waals surface area contributed by atoms with E-state index >= 15 is 0 Å². The lowest BCUT2D eigenvalue weighted by Gasteiger charge is -2.23. The zero-order valence-electron chi connectivity index (χ0n) is 12.9. The van der Waals surface area contributed by atoms with Crippen molar-refractivity contribution in [2.45, 2.75) is 52.8 Å². The first-order valence-electron chi connectivity index (χ1n) is 7.28. The number of hydrogen-bond donors (Lipinski definition) is 2. The van der Waals surface area contributed by atoms with Gasteiger partial charge in [-0.3, -0.25) is 0 Å². The van der Waals surface area contributed by atoms with E-state index in [0.29, 0.717) is 12.5 Å². The number of alkyl halides is 3. The van der Waals surface area contributed by atoms with Crippen LogP contribution in [0, 0.1) is 5.92 Å². The average molecular weight is 304 g/mol. The molecule has 0 aliphatic rings. The van der Waals surface area contributed by atoms with Crippen molar-refractivity contribution in [1.82, 2.24) is 9.97 Å². The molecule has 0 aliphatic carbocycles. The maximum absolute atomic E-state index is 12.8. The molecule has 0 spiro atoms. The van der Waals surface area contributed by atoms with Crippen molar-refractivity contribution in [2.75, 3.05) is 17.2 Å². The standard InChI is InChI=1S/C14H23F3N4/c1-5-10(6-2)9(4)19-12-8-11(18-7-3)20-13(21-12)14(15,16)17/h8-10H,5-7H2,1-4H3,(H2,18,19,20,21). The third-order valence-corrected chi connectivity index (χ3v) is 3.47. The molecular weight excluding hydrogens is 281 g/mol. The molecule has 7 heteroatoms. The monoisotopic (exact) mass is 304 g/mol. The Kier molecular flexibility index (Phi) is 6.23. The van der Waals surface area contributed by atoms with Crippen molar-refractivity contribution < 1.29 is 13.2 Å². The van der Waals surface area contributed by atoms with Crippen LogP contribution in [0.15, 0.2) is 6.07 Å². The Hall–Kier alpha value is -1.53. The van der Waals surface area contributed by atoms with Gasteiger partial charge < -0.3 is 10.6 Å². The largest absolute Gasteiger partial charge is 0.451 e. The number of nitrogens with zero attached hydrogens (tertiary/aromatic N) is 2. The van der Waals surface area contributed by atoms with Gasteiger partial charge in [0.15, 0.2) is 0 Å². The lowest BCUT2D eigenvalue weighted by atomic mass is 9.95. The zero-order valence-corrected chi connectivity index (χ0v) is 12.9. The van der Waals surface area contributed by atoms with E-state index in [-0.39, 0.29) is 17.7 Å². The van der Waals surface area contributed by atoms with Crippen molar-refractivity contribution in [3.05, 3.63) is 11.9 Å². The van der Waals surface area contributed by atoms with Gasteiger partial charge in [-0.2, -0.15) is 13.2 Å². The lowest BCUT2D eigenvalue weighted by molar-refractivity contribution is -0.144. The number of anilines is 2. The van der Waals surface area contributed by atoms with Crippen LogP contribution in [-0.4, -0.2) is 22.6 Å². The first-order valence-corrected chi connectivity index (χ1v) is 7.28. The summed E-state index contributed by atoms with van der Waals surface area (Å²) in [4.78, 5) is 7.09. The van der Waals surface area contributed by atoms with Gasteiger partial charge in [-0.1, -0.05) is 26.7 Å². The highest BCUT2D eigenvalue weighted by Crippen LogP contribution is 2.29. The van der Waals surface area contributed by atoms with Gasteiger partial charge in [0.25, 0.3) is 0 Å². The normalized spacial score (nSPS) is 13.3. The molecule has 0 aliphatic heterocycles. The van der Waals surface area contributed by atoms with Gasteiger partial charge in [0, 0.05) is 18.7 Å². The SMILES string of the molecule is CCNc1cc(NC(C)C(CC)CC)nc(C(F)(F)F)n1. The molecule has 0 radical (unpaired) electrons. The van der Waals surface area contributed by atoms with Crippen molar-refractivity contribution in [1.29, 1.82) is 0 Å². The Balaban J connectivity index is 3.02. The molecule has 0 saturated heterocycles. The van der Waals surface area contributed by atoms with Crippen molar-refractivity contribution in [2.24, 2.45) is 5.92 Å². The second-order valence-electron chi connectivity index (χ2n) is 5.00. The van der Waals surface area contributed by atoms with E-state index in [4.69, 9.17) is 0 Å². The Morgan fingerprint density at radius 3 is 2.14 bits per heavy atom. The lowest BCUT2D eigenvalue weighted by Crippen LogP contribution is -2.26. The van der Waals surface area contributed by atoms with E-state index < -0.39 is 12.0 Å². The molecule has 1 atom stereocenters. The predicted octanol–water partition coefficient (Wildman–Crippen LogP) is 4.16. The highest BCUT2D eigenvalue weighted by atomic mass is 19.4. The van der Waals surface area contributed by atoms with E-state index in [0.717, 1.165) is 12.8 Å². The third kappa shape index (κ3) is 5.06. The van der Waals surface area contributed by atoms with Gasteiger partial charge in [0.05, 0.1) is 0 Å². The first-order chi connectivity index (χ1) is 9.81. The smallest absolute Gasteiger partial charge is 0.370 e. The third-order valence-electron chi connectivity index (χ3n) is 3.47. The summed E-state index contributed by atoms with van der Waals surface area (Å²) in [6.45, 7) is 8.39. The summed E-state index contributed by atoms with van der Waals surface area (Å²) in [5, 5.41) is 5.86. The van der Waals surface area contributed by atoms with Gasteiger partial charge in [0.1, 0.15) is 11.6 Å². The van der Waals surface area contributed by atoms with Crippen LogP contribution in [0.5, 0.6) is 0 Å². The number of nitrogens with one attached hydrogen (secondary N) is 2. The zero-order chi connectivity index (χ0) is 16.0. The van der Waals surface area contributed by atoms with Crippen LogP contribution in [0.3, 0.4) is 0 Å². The molecule has 2 N–H and O–H groups in total. The molecule has 0 aromatic carbocycles. The van der Waals surface area contributed by atoms with E-state index in [1.54, 1.807) is 6.92 Å². The summed E-state index contributed by atoms with van der Waals surface area (Å²) < 4.78 is 38.5. The van der Waals surface area contributed by atoms with Gasteiger partial charge in [-0.05, 0) is 19.8 Å². The predicted molar refractivity (Wildman–Crippen MR) is 78.4 cm³/mol. The first kappa shape index (κ1) is 17.5. The number of hydrogen-bond acceptors (Lipinski definition) is 4. The van der Waals surface area contributed by atoms with Gasteiger partial charge >= 0.3 is 6.18 Å². The van der Waals surface area contributed by atoms with E-state index in [2.05, 4.69) is 34.4 Å². The number of aromatic nitrogens is 2. The number of rotatable bonds is 7. The van der Waals surface area contributed by atoms with Crippen LogP contribution < -0.4 is 10.6 Å². The molecule has 1 aromatic heterocycles. The highest BCUT2D eigenvalue weighted by molar-refractivity contribution is 5.48. The van der Waals surface area contributed by atoms with Crippen LogP contribution in [0.4, 0.5) is 24.8 Å².